The number of ether oxygens (including phenoxy) is 1. The van der Waals surface area contributed by atoms with Gasteiger partial charge in [0.2, 0.25) is 5.95 Å². The number of likely N-dealkylation sites (N-methyl/N-ethyl adjacent to an activating group) is 1. The lowest BCUT2D eigenvalue weighted by molar-refractivity contribution is 0.0621. The minimum atomic E-state index is -0.646. The largest absolute Gasteiger partial charge is 0.371 e. The number of fused-ring (bicyclic) bond motifs is 3. The summed E-state index contributed by atoms with van der Waals surface area (Å²) in [5.41, 5.74) is 2.18. The Hall–Kier alpha value is -3.70. The van der Waals surface area contributed by atoms with Crippen molar-refractivity contribution < 1.29 is 13.5 Å². The van der Waals surface area contributed by atoms with Gasteiger partial charge in [0.15, 0.2) is 11.6 Å². The van der Waals surface area contributed by atoms with Crippen LogP contribution in [-0.4, -0.2) is 69.2 Å². The van der Waals surface area contributed by atoms with Crippen LogP contribution in [0.4, 0.5) is 26.2 Å². The Morgan fingerprint density at radius 2 is 1.83 bits per heavy atom. The maximum Gasteiger partial charge on any atom is 0.229 e. The monoisotopic (exact) mass is 492 g/mol. The number of rotatable bonds is 4. The first kappa shape index (κ1) is 22.7. The standard InChI is InChI=1S/C25H26F2N8O/c1-15-13-36-14-22-31-24-18(26)9-16(10-20(24)35(15)22)23-19(27)12-29-25(32-23)30-21-4-3-17(11-28-21)34-7-5-33(2)6-8-34/h3-4,9-12,15H,5-8,13-14H2,1-2H3,(H,28,29,30,32)/t15-/m0/s1. The van der Waals surface area contributed by atoms with Crippen molar-refractivity contribution in [2.75, 3.05) is 50.1 Å². The third-order valence-electron chi connectivity index (χ3n) is 6.73. The van der Waals surface area contributed by atoms with Crippen LogP contribution in [-0.2, 0) is 11.3 Å². The maximum absolute atomic E-state index is 15.0. The molecule has 0 saturated carbocycles. The lowest BCUT2D eigenvalue weighted by atomic mass is 10.1. The third kappa shape index (κ3) is 4.14. The van der Waals surface area contributed by atoms with E-state index >= 15 is 4.39 Å². The zero-order valence-corrected chi connectivity index (χ0v) is 20.1. The zero-order chi connectivity index (χ0) is 24.8. The Morgan fingerprint density at radius 1 is 1.00 bits per heavy atom. The highest BCUT2D eigenvalue weighted by Crippen LogP contribution is 2.32. The summed E-state index contributed by atoms with van der Waals surface area (Å²) in [6.07, 6.45) is 2.88. The van der Waals surface area contributed by atoms with Crippen molar-refractivity contribution in [2.24, 2.45) is 0 Å². The predicted molar refractivity (Wildman–Crippen MR) is 132 cm³/mol. The van der Waals surface area contributed by atoms with Gasteiger partial charge in [0.1, 0.15) is 29.5 Å². The van der Waals surface area contributed by atoms with Gasteiger partial charge in [-0.3, -0.25) is 0 Å². The Kier molecular flexibility index (Phi) is 5.73. The summed E-state index contributed by atoms with van der Waals surface area (Å²) >= 11 is 0. The molecule has 0 aliphatic carbocycles. The van der Waals surface area contributed by atoms with Crippen molar-refractivity contribution in [1.29, 1.82) is 0 Å². The number of anilines is 3. The molecule has 2 aliphatic heterocycles. The summed E-state index contributed by atoms with van der Waals surface area (Å²) in [6.45, 7) is 6.69. The number of nitrogens with one attached hydrogen (secondary N) is 1. The Balaban J connectivity index is 1.28. The van der Waals surface area contributed by atoms with Crippen LogP contribution in [0.25, 0.3) is 22.3 Å². The van der Waals surface area contributed by atoms with Crippen molar-refractivity contribution in [2.45, 2.75) is 19.6 Å². The number of aromatic nitrogens is 5. The van der Waals surface area contributed by atoms with E-state index in [9.17, 15) is 4.39 Å². The van der Waals surface area contributed by atoms with Gasteiger partial charge in [0.05, 0.1) is 36.2 Å². The number of halogens is 2. The molecule has 1 saturated heterocycles. The fourth-order valence-corrected chi connectivity index (χ4v) is 4.78. The Morgan fingerprint density at radius 3 is 2.61 bits per heavy atom. The van der Waals surface area contributed by atoms with Crippen LogP contribution in [0.2, 0.25) is 0 Å². The van der Waals surface area contributed by atoms with E-state index < -0.39 is 11.6 Å². The van der Waals surface area contributed by atoms with Crippen molar-refractivity contribution in [3.63, 3.8) is 0 Å². The molecule has 0 unspecified atom stereocenters. The second kappa shape index (κ2) is 9.07. The van der Waals surface area contributed by atoms with Gasteiger partial charge in [0.25, 0.3) is 0 Å². The molecule has 2 aliphatic rings. The van der Waals surface area contributed by atoms with Gasteiger partial charge < -0.3 is 24.4 Å². The van der Waals surface area contributed by atoms with Crippen LogP contribution in [0.3, 0.4) is 0 Å². The molecule has 0 spiro atoms. The molecule has 11 heteroatoms. The van der Waals surface area contributed by atoms with E-state index in [1.165, 1.54) is 6.07 Å². The van der Waals surface area contributed by atoms with Crippen molar-refractivity contribution in [3.8, 4) is 11.3 Å². The molecule has 36 heavy (non-hydrogen) atoms. The number of hydrogen-bond acceptors (Lipinski definition) is 8. The highest BCUT2D eigenvalue weighted by atomic mass is 19.1. The van der Waals surface area contributed by atoms with E-state index in [1.807, 2.05) is 23.6 Å². The Bertz CT molecular complexity index is 1420. The summed E-state index contributed by atoms with van der Waals surface area (Å²) in [7, 11) is 2.12. The van der Waals surface area contributed by atoms with E-state index in [0.717, 1.165) is 38.1 Å². The van der Waals surface area contributed by atoms with Crippen LogP contribution >= 0.6 is 0 Å². The topological polar surface area (TPSA) is 84.2 Å². The third-order valence-corrected chi connectivity index (χ3v) is 6.73. The van der Waals surface area contributed by atoms with Crippen molar-refractivity contribution in [3.05, 3.63) is 54.1 Å². The highest BCUT2D eigenvalue weighted by molar-refractivity contribution is 5.83. The van der Waals surface area contributed by atoms with Crippen LogP contribution < -0.4 is 10.2 Å². The second-order valence-electron chi connectivity index (χ2n) is 9.30. The molecule has 0 bridgehead atoms. The first-order valence-electron chi connectivity index (χ1n) is 11.9. The first-order chi connectivity index (χ1) is 17.5. The lowest BCUT2D eigenvalue weighted by Gasteiger charge is -2.33. The summed E-state index contributed by atoms with van der Waals surface area (Å²) < 4.78 is 37.3. The summed E-state index contributed by atoms with van der Waals surface area (Å²) in [5.74, 6) is 0.170. The zero-order valence-electron chi connectivity index (χ0n) is 20.1. The molecule has 9 nitrogen and oxygen atoms in total. The van der Waals surface area contributed by atoms with Gasteiger partial charge in [-0.2, -0.15) is 0 Å². The van der Waals surface area contributed by atoms with Crippen LogP contribution in [0.1, 0.15) is 18.8 Å². The molecule has 6 rings (SSSR count). The number of pyridine rings is 1. The lowest BCUT2D eigenvalue weighted by Crippen LogP contribution is -2.44. The molecule has 4 aromatic rings. The van der Waals surface area contributed by atoms with E-state index in [0.29, 0.717) is 35.9 Å². The van der Waals surface area contributed by atoms with Gasteiger partial charge in [-0.15, -0.1) is 0 Å². The molecule has 3 aromatic heterocycles. The van der Waals surface area contributed by atoms with Crippen LogP contribution in [0.15, 0.2) is 36.7 Å². The molecule has 1 N–H and O–H groups in total. The van der Waals surface area contributed by atoms with Crippen LogP contribution in [0, 0.1) is 11.6 Å². The number of imidazole rings is 1. The molecule has 1 atom stereocenters. The summed E-state index contributed by atoms with van der Waals surface area (Å²) in [5, 5.41) is 3.03. The number of hydrogen-bond donors (Lipinski definition) is 1. The smallest absolute Gasteiger partial charge is 0.229 e. The highest BCUT2D eigenvalue weighted by Gasteiger charge is 2.24. The Labute approximate surface area is 206 Å². The maximum atomic E-state index is 15.0. The van der Waals surface area contributed by atoms with Gasteiger partial charge in [0, 0.05) is 31.7 Å². The summed E-state index contributed by atoms with van der Waals surface area (Å²) in [4.78, 5) is 21.8. The fourth-order valence-electron chi connectivity index (χ4n) is 4.78. The van der Waals surface area contributed by atoms with Gasteiger partial charge in [-0.25, -0.2) is 28.7 Å². The van der Waals surface area contributed by atoms with E-state index in [1.54, 1.807) is 12.3 Å². The SMILES string of the molecule is C[C@H]1COCc2nc3c(F)cc(-c4nc(Nc5ccc(N6CCN(C)CC6)cn5)ncc4F)cc3n21. The van der Waals surface area contributed by atoms with Crippen molar-refractivity contribution >= 4 is 28.5 Å². The molecule has 186 valence electrons. The average molecular weight is 493 g/mol. The minimum Gasteiger partial charge on any atom is -0.371 e. The molecular formula is C25H26F2N8O. The molecule has 1 fully saturated rings. The summed E-state index contributed by atoms with van der Waals surface area (Å²) in [6, 6.07) is 6.79. The van der Waals surface area contributed by atoms with E-state index in [-0.39, 0.29) is 23.2 Å². The van der Waals surface area contributed by atoms with Crippen LogP contribution in [0.5, 0.6) is 0 Å². The van der Waals surface area contributed by atoms with E-state index in [2.05, 4.69) is 42.1 Å². The molecule has 0 amide bonds. The second-order valence-corrected chi connectivity index (χ2v) is 9.30. The molecule has 0 radical (unpaired) electrons. The quantitative estimate of drug-likeness (QED) is 0.461. The molecule has 5 heterocycles. The molecular weight excluding hydrogens is 466 g/mol. The van der Waals surface area contributed by atoms with Gasteiger partial charge in [-0.1, -0.05) is 0 Å². The predicted octanol–water partition coefficient (Wildman–Crippen LogP) is 3.75. The number of piperazine rings is 1. The normalized spacial score (nSPS) is 18.4. The number of benzene rings is 1. The molecule has 1 aromatic carbocycles. The average Bonchev–Trinajstić information content (AvgIpc) is 3.27. The number of nitrogens with zero attached hydrogens (tertiary/aromatic N) is 7. The van der Waals surface area contributed by atoms with Gasteiger partial charge >= 0.3 is 0 Å². The van der Waals surface area contributed by atoms with Crippen molar-refractivity contribution in [1.82, 2.24) is 29.4 Å². The van der Waals surface area contributed by atoms with E-state index in [4.69, 9.17) is 4.74 Å². The first-order valence-corrected chi connectivity index (χ1v) is 11.9. The fraction of sp³-hybridized carbons (Fsp3) is 0.360. The minimum absolute atomic E-state index is 0.00220. The van der Waals surface area contributed by atoms with Gasteiger partial charge in [-0.05, 0) is 38.2 Å².